The number of benzene rings is 1. The molecule has 0 unspecified atom stereocenters. The van der Waals surface area contributed by atoms with Gasteiger partial charge in [0.05, 0.1) is 18.0 Å². The van der Waals surface area contributed by atoms with Crippen molar-refractivity contribution in [2.24, 2.45) is 0 Å². The predicted molar refractivity (Wildman–Crippen MR) is 236 cm³/mol. The molecule has 5 rings (SSSR count). The summed E-state index contributed by atoms with van der Waals surface area (Å²) in [6.45, 7) is 21.3. The Kier molecular flexibility index (Phi) is 20.6. The molecule has 0 bridgehead atoms. The van der Waals surface area contributed by atoms with E-state index in [9.17, 15) is 29.2 Å². The normalized spacial score (nSPS) is 23.7. The lowest BCUT2D eigenvalue weighted by Gasteiger charge is -2.41. The van der Waals surface area contributed by atoms with E-state index in [4.69, 9.17) is 19.5 Å². The molecule has 4 saturated heterocycles. The van der Waals surface area contributed by atoms with Crippen molar-refractivity contribution in [1.29, 1.82) is 0 Å². The third kappa shape index (κ3) is 15.7. The van der Waals surface area contributed by atoms with Crippen molar-refractivity contribution in [3.8, 4) is 0 Å². The fraction of sp³-hybridized carbons (Fsp3) is 0.756. The maximum atomic E-state index is 13.2. The zero-order valence-corrected chi connectivity index (χ0v) is 38.3. The molecule has 4 atom stereocenters. The molecule has 0 aliphatic carbocycles. The summed E-state index contributed by atoms with van der Waals surface area (Å²) in [5.74, 6) is -0.539. The molecule has 4 aliphatic heterocycles. The highest BCUT2D eigenvalue weighted by Gasteiger charge is 2.49. The van der Waals surface area contributed by atoms with Crippen LogP contribution < -0.4 is 16.1 Å². The van der Waals surface area contributed by atoms with Crippen LogP contribution in [0.3, 0.4) is 0 Å². The van der Waals surface area contributed by atoms with Gasteiger partial charge in [-0.2, -0.15) is 0 Å². The summed E-state index contributed by atoms with van der Waals surface area (Å²) in [5.41, 5.74) is -1.41. The van der Waals surface area contributed by atoms with Crippen LogP contribution in [0, 0.1) is 0 Å². The largest absolute Gasteiger partial charge is 0.488 e. The van der Waals surface area contributed by atoms with Crippen molar-refractivity contribution in [2.45, 2.75) is 148 Å². The van der Waals surface area contributed by atoms with E-state index in [1.165, 1.54) is 0 Å². The van der Waals surface area contributed by atoms with Crippen molar-refractivity contribution in [3.63, 3.8) is 0 Å². The predicted octanol–water partition coefficient (Wildman–Crippen LogP) is 2.53. The Morgan fingerprint density at radius 1 is 0.867 bits per heavy atom. The maximum absolute atomic E-state index is 13.2. The van der Waals surface area contributed by atoms with Gasteiger partial charge in [0.2, 0.25) is 11.8 Å². The standard InChI is InChI=1S/C23H41N3O5.C12H24BN3O3.C6H7BO2.ClH/c1-9-23(12-14-24(16-23)19(28)30-21(3,4)5)26(20(29)31-22(6,7)8)15-18(27)25-13-10-11-17(25)2;1-2-12(5-6-14-9-12)15-8-11(17)16-7-3-4-10(16)13(18)19;8-7(9)6-4-2-1-3-5-6;/h17H,9-16H2,1-8H3;10,14-15,18-19H,2-9H2,1H3;1-5,8-9H;1H/t17-,23-;10-,12+;;/m10../s1. The third-order valence-electron chi connectivity index (χ3n) is 11.6. The van der Waals surface area contributed by atoms with Gasteiger partial charge in [0.15, 0.2) is 0 Å². The maximum Gasteiger partial charge on any atom is 0.488 e. The highest BCUT2D eigenvalue weighted by molar-refractivity contribution is 6.58. The molecule has 16 nitrogen and oxygen atoms in total. The highest BCUT2D eigenvalue weighted by Crippen LogP contribution is 2.34. The summed E-state index contributed by atoms with van der Waals surface area (Å²) in [6, 6.07) is 8.83. The van der Waals surface area contributed by atoms with Crippen molar-refractivity contribution in [3.05, 3.63) is 30.3 Å². The van der Waals surface area contributed by atoms with Crippen LogP contribution in [0.1, 0.15) is 114 Å². The SMILES string of the molecule is CC[C@@]1(N(CC(=O)N2CCC[C@H]2C)C(=O)OC(C)(C)C)CCN(C(=O)OC(C)(C)C)C1.CC[C@@]1(NCC(=O)N2CCC[C@H]2B(O)O)CCNC1.Cl.OB(O)c1ccccc1. The number of ether oxygens (including phenoxy) is 2. The van der Waals surface area contributed by atoms with Gasteiger partial charge >= 0.3 is 26.4 Å². The smallest absolute Gasteiger partial charge is 0.444 e. The van der Waals surface area contributed by atoms with E-state index in [0.717, 1.165) is 45.2 Å². The van der Waals surface area contributed by atoms with Crippen LogP contribution in [-0.4, -0.2) is 165 Å². The van der Waals surface area contributed by atoms with Crippen LogP contribution in [0.5, 0.6) is 0 Å². The highest BCUT2D eigenvalue weighted by atomic mass is 35.5. The van der Waals surface area contributed by atoms with Crippen LogP contribution >= 0.6 is 12.4 Å². The summed E-state index contributed by atoms with van der Waals surface area (Å²) in [7, 11) is -2.77. The molecule has 0 radical (unpaired) electrons. The Bertz CT molecular complexity index is 1510. The number of amides is 4. The first-order valence-electron chi connectivity index (χ1n) is 21.4. The van der Waals surface area contributed by atoms with Gasteiger partial charge < -0.3 is 54.9 Å². The summed E-state index contributed by atoms with van der Waals surface area (Å²) < 4.78 is 11.2. The Balaban J connectivity index is 0.000000359. The van der Waals surface area contributed by atoms with Crippen molar-refractivity contribution >= 4 is 56.1 Å². The average molecular weight is 867 g/mol. The number of likely N-dealkylation sites (tertiary alicyclic amines) is 3. The molecule has 6 N–H and O–H groups in total. The van der Waals surface area contributed by atoms with Crippen LogP contribution in [0.2, 0.25) is 0 Å². The Hall–Kier alpha value is -3.12. The van der Waals surface area contributed by atoms with E-state index in [1.807, 2.05) is 66.4 Å². The molecule has 60 heavy (non-hydrogen) atoms. The zero-order chi connectivity index (χ0) is 44.2. The van der Waals surface area contributed by atoms with Crippen molar-refractivity contribution < 1.29 is 48.7 Å². The van der Waals surface area contributed by atoms with Crippen molar-refractivity contribution in [1.82, 2.24) is 30.2 Å². The van der Waals surface area contributed by atoms with Crippen LogP contribution in [0.15, 0.2) is 30.3 Å². The minimum Gasteiger partial charge on any atom is -0.444 e. The van der Waals surface area contributed by atoms with E-state index >= 15 is 0 Å². The molecule has 0 spiro atoms. The summed E-state index contributed by atoms with van der Waals surface area (Å²) in [6.07, 6.45) is 5.75. The molecule has 4 heterocycles. The fourth-order valence-corrected chi connectivity index (χ4v) is 8.03. The fourth-order valence-electron chi connectivity index (χ4n) is 8.03. The molecular weight excluding hydrogens is 794 g/mol. The number of nitrogens with zero attached hydrogens (tertiary/aromatic N) is 4. The first-order chi connectivity index (χ1) is 27.6. The molecule has 1 aromatic rings. The van der Waals surface area contributed by atoms with E-state index in [-0.39, 0.29) is 48.9 Å². The van der Waals surface area contributed by atoms with Gasteiger partial charge in [-0.3, -0.25) is 14.5 Å². The van der Waals surface area contributed by atoms with Crippen molar-refractivity contribution in [2.75, 3.05) is 52.4 Å². The van der Waals surface area contributed by atoms with Gasteiger partial charge in [0.1, 0.15) is 17.7 Å². The minimum absolute atomic E-state index is 0. The lowest BCUT2D eigenvalue weighted by atomic mass is 9.78. The summed E-state index contributed by atoms with van der Waals surface area (Å²) in [4.78, 5) is 57.9. The topological polar surface area (TPSA) is 205 Å². The van der Waals surface area contributed by atoms with Gasteiger partial charge in [0, 0.05) is 44.3 Å². The molecule has 4 amide bonds. The number of carbonyl (C=O) groups is 4. The second kappa shape index (κ2) is 23.4. The van der Waals surface area contributed by atoms with Crippen LogP contribution in [-0.2, 0) is 19.1 Å². The number of hydrogen-bond acceptors (Lipinski definition) is 12. The summed E-state index contributed by atoms with van der Waals surface area (Å²) >= 11 is 0. The van der Waals surface area contributed by atoms with Gasteiger partial charge in [-0.05, 0) is 112 Å². The molecule has 1 aromatic carbocycles. The van der Waals surface area contributed by atoms with Gasteiger partial charge in [-0.25, -0.2) is 9.59 Å². The first-order valence-corrected chi connectivity index (χ1v) is 21.4. The van der Waals surface area contributed by atoms with Crippen LogP contribution in [0.25, 0.3) is 0 Å². The van der Waals surface area contributed by atoms with E-state index in [1.54, 1.807) is 39.0 Å². The van der Waals surface area contributed by atoms with E-state index in [2.05, 4.69) is 17.6 Å². The molecule has 0 saturated carbocycles. The average Bonchev–Trinajstić information content (AvgIpc) is 4.00. The second-order valence-corrected chi connectivity index (χ2v) is 18.3. The number of carbonyl (C=O) groups excluding carboxylic acids is 4. The number of halogens is 1. The molecule has 19 heteroatoms. The van der Waals surface area contributed by atoms with Gasteiger partial charge in [-0.15, -0.1) is 12.4 Å². The molecular formula is C41H73B2ClN6O10. The van der Waals surface area contributed by atoms with E-state index < -0.39 is 49.1 Å². The zero-order valence-electron chi connectivity index (χ0n) is 37.4. The van der Waals surface area contributed by atoms with Crippen LogP contribution in [0.4, 0.5) is 9.59 Å². The Labute approximate surface area is 364 Å². The lowest BCUT2D eigenvalue weighted by molar-refractivity contribution is -0.134. The van der Waals surface area contributed by atoms with Gasteiger partial charge in [0.25, 0.3) is 0 Å². The van der Waals surface area contributed by atoms with E-state index in [0.29, 0.717) is 50.9 Å². The first kappa shape index (κ1) is 53.0. The lowest BCUT2D eigenvalue weighted by Crippen LogP contribution is -2.58. The quantitative estimate of drug-likeness (QED) is 0.188. The molecule has 340 valence electrons. The molecule has 0 aromatic heterocycles. The third-order valence-corrected chi connectivity index (χ3v) is 11.6. The Morgan fingerprint density at radius 3 is 1.97 bits per heavy atom. The number of nitrogens with one attached hydrogen (secondary N) is 2. The Morgan fingerprint density at radius 2 is 1.48 bits per heavy atom. The molecule has 4 fully saturated rings. The van der Waals surface area contributed by atoms with Gasteiger partial charge in [-0.1, -0.05) is 44.2 Å². The molecule has 4 aliphatic rings. The summed E-state index contributed by atoms with van der Waals surface area (Å²) in [5, 5.41) is 42.4. The monoisotopic (exact) mass is 867 g/mol. The number of rotatable bonds is 10. The minimum atomic E-state index is -1.43. The second-order valence-electron chi connectivity index (χ2n) is 18.3. The number of hydrogen-bond donors (Lipinski definition) is 6.